The zero-order valence-electron chi connectivity index (χ0n) is 3.11. The van der Waals surface area contributed by atoms with Crippen molar-refractivity contribution in [1.29, 1.82) is 0 Å². The number of alkyl halides is 1. The fraction of sp³-hybridized carbons (Fsp3) is 0.667. The molecule has 0 fully saturated rings. The van der Waals surface area contributed by atoms with Crippen molar-refractivity contribution in [3.05, 3.63) is 0 Å². The van der Waals surface area contributed by atoms with E-state index in [1.54, 1.807) is 13.3 Å². The predicted molar refractivity (Wildman–Crippen MR) is 28.2 cm³/mol. The number of aliphatic imine (C=N–C) groups is 1. The Labute approximate surface area is 40.2 Å². The van der Waals surface area contributed by atoms with Crippen LogP contribution in [0.3, 0.4) is 0 Å². The van der Waals surface area contributed by atoms with Crippen LogP contribution in [0.15, 0.2) is 4.99 Å². The Kier molecular flexibility index (Phi) is 4.27. The van der Waals surface area contributed by atoms with Gasteiger partial charge in [0, 0.05) is 18.6 Å². The van der Waals surface area contributed by atoms with Gasteiger partial charge in [0.25, 0.3) is 0 Å². The van der Waals surface area contributed by atoms with E-state index in [2.05, 4.69) is 20.9 Å². The van der Waals surface area contributed by atoms with E-state index in [0.717, 1.165) is 5.33 Å². The van der Waals surface area contributed by atoms with Crippen LogP contribution in [0, 0.1) is 0 Å². The average molecular weight is 136 g/mol. The van der Waals surface area contributed by atoms with Crippen molar-refractivity contribution in [3.8, 4) is 0 Å². The van der Waals surface area contributed by atoms with Gasteiger partial charge in [-0.15, -0.1) is 0 Å². The van der Waals surface area contributed by atoms with E-state index in [9.17, 15) is 0 Å². The lowest BCUT2D eigenvalue weighted by atomic mass is 10.9. The molecule has 0 amide bonds. The van der Waals surface area contributed by atoms with Crippen molar-refractivity contribution in [2.75, 3.05) is 12.4 Å². The first-order valence-corrected chi connectivity index (χ1v) is 2.50. The van der Waals surface area contributed by atoms with Gasteiger partial charge in [-0.2, -0.15) is 0 Å². The van der Waals surface area contributed by atoms with Crippen molar-refractivity contribution < 1.29 is 0 Å². The second kappa shape index (κ2) is 4.15. The Bertz CT molecular complexity index is 33.9. The van der Waals surface area contributed by atoms with Gasteiger partial charge in [0.1, 0.15) is 0 Å². The molecule has 30 valence electrons. The molecular formula is C3H6BrN. The van der Waals surface area contributed by atoms with Crippen LogP contribution in [0.4, 0.5) is 0 Å². The summed E-state index contributed by atoms with van der Waals surface area (Å²) in [5.74, 6) is 0. The molecule has 0 saturated heterocycles. The average Bonchev–Trinajstić information content (AvgIpc) is 1.41. The van der Waals surface area contributed by atoms with Gasteiger partial charge in [-0.25, -0.2) is 0 Å². The van der Waals surface area contributed by atoms with Gasteiger partial charge in [0.2, 0.25) is 0 Å². The fourth-order valence-corrected chi connectivity index (χ4v) is 0.359. The van der Waals surface area contributed by atoms with Crippen molar-refractivity contribution in [1.82, 2.24) is 0 Å². The monoisotopic (exact) mass is 135 g/mol. The normalized spacial score (nSPS) is 10.0. The van der Waals surface area contributed by atoms with Gasteiger partial charge in [0.15, 0.2) is 0 Å². The van der Waals surface area contributed by atoms with Crippen molar-refractivity contribution >= 4 is 22.1 Å². The first-order valence-electron chi connectivity index (χ1n) is 1.38. The van der Waals surface area contributed by atoms with Gasteiger partial charge in [-0.05, 0) is 0 Å². The highest BCUT2D eigenvalue weighted by Gasteiger charge is 1.55. The lowest BCUT2D eigenvalue weighted by molar-refractivity contribution is 1.47. The molecule has 0 rings (SSSR count). The lowest BCUT2D eigenvalue weighted by Crippen LogP contribution is -1.66. The maximum Gasteiger partial charge on any atom is 0.0382 e. The Morgan fingerprint density at radius 2 is 2.60 bits per heavy atom. The van der Waals surface area contributed by atoms with Crippen LogP contribution in [-0.4, -0.2) is 18.6 Å². The molecule has 0 heterocycles. The van der Waals surface area contributed by atoms with E-state index >= 15 is 0 Å². The molecule has 0 saturated carbocycles. The first kappa shape index (κ1) is 5.15. The molecule has 0 radical (unpaired) electrons. The number of hydrogen-bond acceptors (Lipinski definition) is 1. The number of nitrogens with zero attached hydrogens (tertiary/aromatic N) is 1. The molecular weight excluding hydrogens is 130 g/mol. The zero-order valence-corrected chi connectivity index (χ0v) is 4.70. The van der Waals surface area contributed by atoms with Crippen LogP contribution in [0.2, 0.25) is 0 Å². The van der Waals surface area contributed by atoms with E-state index in [0.29, 0.717) is 0 Å². The third kappa shape index (κ3) is 4.15. The molecule has 0 N–H and O–H groups in total. The lowest BCUT2D eigenvalue weighted by Gasteiger charge is -1.64. The molecule has 0 unspecified atom stereocenters. The van der Waals surface area contributed by atoms with Crippen LogP contribution in [0.1, 0.15) is 0 Å². The Balaban J connectivity index is 2.62. The maximum atomic E-state index is 3.68. The van der Waals surface area contributed by atoms with Gasteiger partial charge in [-0.3, -0.25) is 4.99 Å². The number of halogens is 1. The quantitative estimate of drug-likeness (QED) is 0.377. The number of rotatable bonds is 1. The summed E-state index contributed by atoms with van der Waals surface area (Å²) in [6.07, 6.45) is 1.79. The topological polar surface area (TPSA) is 12.4 Å². The molecule has 0 bridgehead atoms. The molecule has 0 spiro atoms. The van der Waals surface area contributed by atoms with Crippen LogP contribution in [0.5, 0.6) is 0 Å². The molecule has 1 nitrogen and oxygen atoms in total. The van der Waals surface area contributed by atoms with Gasteiger partial charge in [-0.1, -0.05) is 15.9 Å². The molecule has 0 aromatic heterocycles. The molecule has 2 heteroatoms. The van der Waals surface area contributed by atoms with E-state index in [-0.39, 0.29) is 0 Å². The van der Waals surface area contributed by atoms with Gasteiger partial charge < -0.3 is 0 Å². The fourth-order valence-electron chi connectivity index (χ4n) is 0.0690. The van der Waals surface area contributed by atoms with Gasteiger partial charge in [0.05, 0.1) is 0 Å². The minimum atomic E-state index is 0.865. The molecule has 0 aliphatic carbocycles. The molecule has 0 aliphatic rings. The highest BCUT2D eigenvalue weighted by atomic mass is 79.9. The third-order valence-electron chi connectivity index (χ3n) is 0.252. The van der Waals surface area contributed by atoms with Crippen LogP contribution in [-0.2, 0) is 0 Å². The van der Waals surface area contributed by atoms with E-state index in [1.165, 1.54) is 0 Å². The molecule has 0 atom stereocenters. The Morgan fingerprint density at radius 1 is 2.00 bits per heavy atom. The summed E-state index contributed by atoms with van der Waals surface area (Å²) < 4.78 is 0. The summed E-state index contributed by atoms with van der Waals surface area (Å²) in [5.41, 5.74) is 0. The molecule has 0 aliphatic heterocycles. The van der Waals surface area contributed by atoms with E-state index in [1.807, 2.05) is 0 Å². The van der Waals surface area contributed by atoms with Crippen molar-refractivity contribution in [2.45, 2.75) is 0 Å². The summed E-state index contributed by atoms with van der Waals surface area (Å²) in [5, 5.41) is 0.865. The zero-order chi connectivity index (χ0) is 4.12. The minimum Gasteiger partial charge on any atom is -0.300 e. The summed E-state index contributed by atoms with van der Waals surface area (Å²) in [4.78, 5) is 3.68. The van der Waals surface area contributed by atoms with E-state index < -0.39 is 0 Å². The second-order valence-electron chi connectivity index (χ2n) is 0.595. The standard InChI is InChI=1S/C3H6BrN/c1-5-3-2-4/h3H,2H2,1H3. The SMILES string of the molecule is CN=CCBr. The molecule has 5 heavy (non-hydrogen) atoms. The Morgan fingerprint density at radius 3 is 2.60 bits per heavy atom. The van der Waals surface area contributed by atoms with Crippen LogP contribution in [0.25, 0.3) is 0 Å². The molecule has 0 aromatic rings. The Hall–Kier alpha value is 0.150. The second-order valence-corrected chi connectivity index (χ2v) is 1.24. The largest absolute Gasteiger partial charge is 0.300 e. The minimum absolute atomic E-state index is 0.865. The van der Waals surface area contributed by atoms with Crippen molar-refractivity contribution in [2.24, 2.45) is 4.99 Å². The smallest absolute Gasteiger partial charge is 0.0382 e. The summed E-state index contributed by atoms with van der Waals surface area (Å²) in [6, 6.07) is 0. The van der Waals surface area contributed by atoms with Crippen molar-refractivity contribution in [3.63, 3.8) is 0 Å². The maximum absolute atomic E-state index is 3.68. The number of hydrogen-bond donors (Lipinski definition) is 0. The summed E-state index contributed by atoms with van der Waals surface area (Å²) in [6.45, 7) is 0. The highest BCUT2D eigenvalue weighted by Crippen LogP contribution is 1.68. The van der Waals surface area contributed by atoms with E-state index in [4.69, 9.17) is 0 Å². The highest BCUT2D eigenvalue weighted by molar-refractivity contribution is 9.09. The summed E-state index contributed by atoms with van der Waals surface area (Å²) >= 11 is 3.16. The third-order valence-corrected chi connectivity index (χ3v) is 0.541. The van der Waals surface area contributed by atoms with Gasteiger partial charge >= 0.3 is 0 Å². The van der Waals surface area contributed by atoms with Crippen LogP contribution >= 0.6 is 15.9 Å². The summed E-state index contributed by atoms with van der Waals surface area (Å²) in [7, 11) is 1.75. The van der Waals surface area contributed by atoms with Crippen LogP contribution < -0.4 is 0 Å². The molecule has 0 aromatic carbocycles. The first-order chi connectivity index (χ1) is 2.41. The predicted octanol–water partition coefficient (Wildman–Crippen LogP) is 1.08.